The second-order valence-corrected chi connectivity index (χ2v) is 5.94. The lowest BCUT2D eigenvalue weighted by atomic mass is 9.82. The number of amides is 2. The molecule has 0 aliphatic carbocycles. The van der Waals surface area contributed by atoms with Crippen LogP contribution in [0.25, 0.3) is 0 Å². The zero-order chi connectivity index (χ0) is 16.0. The highest BCUT2D eigenvalue weighted by Crippen LogP contribution is 2.26. The molecular weight excluding hydrogens is 336 g/mol. The Morgan fingerprint density at radius 1 is 1.29 bits per heavy atom. The fourth-order valence-electron chi connectivity index (χ4n) is 2.02. The highest BCUT2D eigenvalue weighted by atomic mass is 79.9. The molecule has 0 spiro atoms. The summed E-state index contributed by atoms with van der Waals surface area (Å²) in [5, 5.41) is 14.7. The SMILES string of the molecule is CCC(CC)(CNC(=O)Nc1ccc(C)cc1Br)C(=O)O. The largest absolute Gasteiger partial charge is 0.481 e. The van der Waals surface area contributed by atoms with E-state index in [1.165, 1.54) is 0 Å². The van der Waals surface area contributed by atoms with Crippen LogP contribution in [0.4, 0.5) is 10.5 Å². The lowest BCUT2D eigenvalue weighted by Crippen LogP contribution is -2.43. The number of halogens is 1. The van der Waals surface area contributed by atoms with Gasteiger partial charge in [-0.1, -0.05) is 19.9 Å². The van der Waals surface area contributed by atoms with E-state index in [-0.39, 0.29) is 6.54 Å². The van der Waals surface area contributed by atoms with Crippen LogP contribution < -0.4 is 10.6 Å². The minimum atomic E-state index is -0.915. The summed E-state index contributed by atoms with van der Waals surface area (Å²) < 4.78 is 0.785. The Morgan fingerprint density at radius 2 is 1.90 bits per heavy atom. The van der Waals surface area contributed by atoms with Crippen molar-refractivity contribution in [2.45, 2.75) is 33.6 Å². The first kappa shape index (κ1) is 17.5. The van der Waals surface area contributed by atoms with Crippen LogP contribution in [0.2, 0.25) is 0 Å². The number of carbonyl (C=O) groups excluding carboxylic acids is 1. The number of anilines is 1. The number of hydrogen-bond acceptors (Lipinski definition) is 2. The zero-order valence-electron chi connectivity index (χ0n) is 12.5. The molecule has 0 atom stereocenters. The Morgan fingerprint density at radius 3 is 2.38 bits per heavy atom. The fraction of sp³-hybridized carbons (Fsp3) is 0.467. The van der Waals surface area contributed by atoms with Gasteiger partial charge in [0.1, 0.15) is 0 Å². The van der Waals surface area contributed by atoms with Gasteiger partial charge in [0.2, 0.25) is 0 Å². The van der Waals surface area contributed by atoms with Gasteiger partial charge < -0.3 is 15.7 Å². The highest BCUT2D eigenvalue weighted by Gasteiger charge is 2.35. The molecule has 6 heteroatoms. The summed E-state index contributed by atoms with van der Waals surface area (Å²) in [5.41, 5.74) is 0.809. The van der Waals surface area contributed by atoms with Crippen LogP contribution in [0.3, 0.4) is 0 Å². The van der Waals surface area contributed by atoms with Crippen molar-refractivity contribution in [2.24, 2.45) is 5.41 Å². The molecule has 1 rings (SSSR count). The molecule has 1 aromatic rings. The Balaban J connectivity index is 2.67. The summed E-state index contributed by atoms with van der Waals surface area (Å²) in [6.07, 6.45) is 0.931. The van der Waals surface area contributed by atoms with E-state index >= 15 is 0 Å². The summed E-state index contributed by atoms with van der Waals surface area (Å²) in [6.45, 7) is 5.69. The van der Waals surface area contributed by atoms with E-state index in [4.69, 9.17) is 0 Å². The van der Waals surface area contributed by atoms with E-state index in [1.54, 1.807) is 6.07 Å². The Bertz CT molecular complexity index is 528. The van der Waals surface area contributed by atoms with Crippen LogP contribution in [0.1, 0.15) is 32.3 Å². The van der Waals surface area contributed by atoms with Gasteiger partial charge in [-0.3, -0.25) is 4.79 Å². The molecule has 0 bridgehead atoms. The van der Waals surface area contributed by atoms with Gasteiger partial charge in [-0.15, -0.1) is 0 Å². The monoisotopic (exact) mass is 356 g/mol. The van der Waals surface area contributed by atoms with Crippen molar-refractivity contribution in [2.75, 3.05) is 11.9 Å². The summed E-state index contributed by atoms with van der Waals surface area (Å²) in [6, 6.07) is 5.17. The molecule has 0 heterocycles. The number of carbonyl (C=O) groups is 2. The number of aryl methyl sites for hydroxylation is 1. The molecular formula is C15H21BrN2O3. The molecule has 3 N–H and O–H groups in total. The Hall–Kier alpha value is -1.56. The molecule has 0 aliphatic heterocycles. The standard InChI is InChI=1S/C15H21BrN2O3/c1-4-15(5-2,13(19)20)9-17-14(21)18-12-7-6-10(3)8-11(12)16/h6-8H,4-5,9H2,1-3H3,(H,19,20)(H2,17,18,21). The number of aliphatic carboxylic acids is 1. The third-order valence-corrected chi connectivity index (χ3v) is 4.42. The van der Waals surface area contributed by atoms with Crippen molar-refractivity contribution in [1.29, 1.82) is 0 Å². The van der Waals surface area contributed by atoms with Crippen molar-refractivity contribution in [3.8, 4) is 0 Å². The Labute approximate surface area is 133 Å². The van der Waals surface area contributed by atoms with E-state index in [1.807, 2.05) is 32.9 Å². The van der Waals surface area contributed by atoms with Gasteiger partial charge in [0.25, 0.3) is 0 Å². The predicted octanol–water partition coefficient (Wildman–Crippen LogP) is 3.77. The van der Waals surface area contributed by atoms with Crippen molar-refractivity contribution in [3.63, 3.8) is 0 Å². The first-order valence-corrected chi connectivity index (χ1v) is 7.68. The minimum absolute atomic E-state index is 0.102. The van der Waals surface area contributed by atoms with Crippen molar-refractivity contribution in [3.05, 3.63) is 28.2 Å². The molecule has 0 saturated carbocycles. The molecule has 0 fully saturated rings. The number of hydrogen-bond donors (Lipinski definition) is 3. The van der Waals surface area contributed by atoms with Gasteiger partial charge in [-0.2, -0.15) is 0 Å². The molecule has 1 aromatic carbocycles. The van der Waals surface area contributed by atoms with Gasteiger partial charge in [0, 0.05) is 11.0 Å². The number of nitrogens with one attached hydrogen (secondary N) is 2. The smallest absolute Gasteiger partial charge is 0.319 e. The third-order valence-electron chi connectivity index (χ3n) is 3.77. The average Bonchev–Trinajstić information content (AvgIpc) is 2.43. The van der Waals surface area contributed by atoms with Crippen LogP contribution in [0, 0.1) is 12.3 Å². The molecule has 0 aliphatic rings. The number of carboxylic acid groups (broad SMARTS) is 1. The van der Waals surface area contributed by atoms with Crippen molar-refractivity contribution >= 4 is 33.6 Å². The van der Waals surface area contributed by atoms with Crippen LogP contribution in [-0.4, -0.2) is 23.7 Å². The maximum atomic E-state index is 11.9. The van der Waals surface area contributed by atoms with Crippen LogP contribution in [0.5, 0.6) is 0 Å². The van der Waals surface area contributed by atoms with Gasteiger partial charge in [0.15, 0.2) is 0 Å². The van der Waals surface area contributed by atoms with Gasteiger partial charge in [-0.05, 0) is 53.4 Å². The van der Waals surface area contributed by atoms with E-state index < -0.39 is 17.4 Å². The third kappa shape index (κ3) is 4.46. The van der Waals surface area contributed by atoms with Gasteiger partial charge in [0.05, 0.1) is 11.1 Å². The first-order chi connectivity index (χ1) is 9.84. The van der Waals surface area contributed by atoms with Crippen LogP contribution in [-0.2, 0) is 4.79 Å². The fourth-order valence-corrected chi connectivity index (χ4v) is 2.61. The summed E-state index contributed by atoms with van der Waals surface area (Å²) >= 11 is 3.38. The van der Waals surface area contributed by atoms with E-state index in [9.17, 15) is 14.7 Å². The highest BCUT2D eigenvalue weighted by molar-refractivity contribution is 9.10. The summed E-state index contributed by atoms with van der Waals surface area (Å²) in [7, 11) is 0. The second kappa shape index (κ2) is 7.45. The Kier molecular flexibility index (Phi) is 6.20. The van der Waals surface area contributed by atoms with Crippen molar-refractivity contribution < 1.29 is 14.7 Å². The molecule has 0 radical (unpaired) electrons. The van der Waals surface area contributed by atoms with Crippen LogP contribution >= 0.6 is 15.9 Å². The second-order valence-electron chi connectivity index (χ2n) is 5.08. The first-order valence-electron chi connectivity index (χ1n) is 6.89. The molecule has 0 aromatic heterocycles. The summed E-state index contributed by atoms with van der Waals surface area (Å²) in [4.78, 5) is 23.3. The topological polar surface area (TPSA) is 78.4 Å². The van der Waals surface area contributed by atoms with E-state index in [0.717, 1.165) is 10.0 Å². The maximum Gasteiger partial charge on any atom is 0.319 e. The predicted molar refractivity (Wildman–Crippen MR) is 86.6 cm³/mol. The quantitative estimate of drug-likeness (QED) is 0.725. The molecule has 21 heavy (non-hydrogen) atoms. The van der Waals surface area contributed by atoms with E-state index in [2.05, 4.69) is 26.6 Å². The van der Waals surface area contributed by atoms with Gasteiger partial charge >= 0.3 is 12.0 Å². The molecule has 0 unspecified atom stereocenters. The van der Waals surface area contributed by atoms with Crippen molar-refractivity contribution in [1.82, 2.24) is 5.32 Å². The van der Waals surface area contributed by atoms with Gasteiger partial charge in [-0.25, -0.2) is 4.79 Å². The molecule has 2 amide bonds. The number of rotatable bonds is 6. The molecule has 5 nitrogen and oxygen atoms in total. The average molecular weight is 357 g/mol. The number of carboxylic acids is 1. The lowest BCUT2D eigenvalue weighted by Gasteiger charge is -2.26. The lowest BCUT2D eigenvalue weighted by molar-refractivity contribution is -0.149. The number of benzene rings is 1. The molecule has 116 valence electrons. The maximum absolute atomic E-state index is 11.9. The number of urea groups is 1. The van der Waals surface area contributed by atoms with E-state index in [0.29, 0.717) is 18.5 Å². The molecule has 0 saturated heterocycles. The summed E-state index contributed by atoms with van der Waals surface area (Å²) in [5.74, 6) is -0.885. The zero-order valence-corrected chi connectivity index (χ0v) is 14.1. The normalized spacial score (nSPS) is 11.0. The minimum Gasteiger partial charge on any atom is -0.481 e. The van der Waals surface area contributed by atoms with Crippen LogP contribution in [0.15, 0.2) is 22.7 Å².